The first kappa shape index (κ1) is 13.5. The molecule has 1 aromatic heterocycles. The second kappa shape index (κ2) is 6.33. The molecule has 1 heterocycles. The van der Waals surface area contributed by atoms with Crippen molar-refractivity contribution in [2.45, 2.75) is 6.92 Å². The predicted molar refractivity (Wildman–Crippen MR) is 74.5 cm³/mol. The van der Waals surface area contributed by atoms with Gasteiger partial charge in [0.2, 0.25) is 5.91 Å². The molecule has 2 N–H and O–H groups in total. The number of hydrazone groups is 1. The number of hydrogen-bond acceptors (Lipinski definition) is 4. The van der Waals surface area contributed by atoms with Crippen LogP contribution in [0, 0.1) is 0 Å². The molecule has 0 atom stereocenters. The summed E-state index contributed by atoms with van der Waals surface area (Å²) in [7, 11) is 0. The van der Waals surface area contributed by atoms with Crippen LogP contribution in [-0.4, -0.2) is 18.0 Å². The van der Waals surface area contributed by atoms with E-state index in [1.807, 2.05) is 0 Å². The number of furan rings is 1. The van der Waals surface area contributed by atoms with Crippen LogP contribution in [0.2, 0.25) is 0 Å². The van der Waals surface area contributed by atoms with Crippen molar-refractivity contribution in [1.82, 2.24) is 5.43 Å². The average molecular weight is 271 g/mol. The van der Waals surface area contributed by atoms with Crippen LogP contribution >= 0.6 is 0 Å². The number of carbonyl (C=O) groups is 2. The van der Waals surface area contributed by atoms with Crippen molar-refractivity contribution in [3.05, 3.63) is 54.0 Å². The largest absolute Gasteiger partial charge is 0.463 e. The molecule has 6 heteroatoms. The lowest BCUT2D eigenvalue weighted by atomic mass is 10.2. The normalized spacial score (nSPS) is 10.4. The third-order valence-electron chi connectivity index (χ3n) is 2.37. The minimum atomic E-state index is -0.345. The van der Waals surface area contributed by atoms with Crippen molar-refractivity contribution < 1.29 is 14.0 Å². The highest BCUT2D eigenvalue weighted by atomic mass is 16.3. The van der Waals surface area contributed by atoms with Crippen molar-refractivity contribution >= 4 is 23.7 Å². The summed E-state index contributed by atoms with van der Waals surface area (Å²) in [6.45, 7) is 1.42. The van der Waals surface area contributed by atoms with E-state index in [9.17, 15) is 9.59 Å². The SMILES string of the molecule is CC(=O)Nc1ccc(C(=O)N/N=C\c2ccco2)cc1. The summed E-state index contributed by atoms with van der Waals surface area (Å²) >= 11 is 0. The molecule has 2 amide bonds. The molecule has 0 radical (unpaired) electrons. The summed E-state index contributed by atoms with van der Waals surface area (Å²) in [4.78, 5) is 22.6. The maximum atomic E-state index is 11.8. The van der Waals surface area contributed by atoms with Gasteiger partial charge in [0, 0.05) is 18.2 Å². The Morgan fingerprint density at radius 3 is 2.55 bits per heavy atom. The molecule has 0 spiro atoms. The van der Waals surface area contributed by atoms with Crippen LogP contribution in [-0.2, 0) is 4.79 Å². The molecule has 0 saturated carbocycles. The standard InChI is InChI=1S/C14H13N3O3/c1-10(18)16-12-6-4-11(5-7-12)14(19)17-15-9-13-3-2-8-20-13/h2-9H,1H3,(H,16,18)(H,17,19)/b15-9-. The minimum absolute atomic E-state index is 0.162. The molecule has 2 rings (SSSR count). The maximum absolute atomic E-state index is 11.8. The first-order valence-corrected chi connectivity index (χ1v) is 5.90. The van der Waals surface area contributed by atoms with Crippen molar-refractivity contribution in [2.24, 2.45) is 5.10 Å². The third-order valence-corrected chi connectivity index (χ3v) is 2.37. The first-order chi connectivity index (χ1) is 9.65. The maximum Gasteiger partial charge on any atom is 0.271 e. The Balaban J connectivity index is 1.93. The number of rotatable bonds is 4. The highest BCUT2D eigenvalue weighted by Crippen LogP contribution is 2.09. The van der Waals surface area contributed by atoms with Gasteiger partial charge in [-0.15, -0.1) is 0 Å². The molecule has 0 aliphatic heterocycles. The van der Waals surface area contributed by atoms with E-state index in [1.54, 1.807) is 36.4 Å². The lowest BCUT2D eigenvalue weighted by molar-refractivity contribution is -0.114. The Labute approximate surface area is 115 Å². The lowest BCUT2D eigenvalue weighted by Gasteiger charge is -2.03. The minimum Gasteiger partial charge on any atom is -0.463 e. The van der Waals surface area contributed by atoms with Gasteiger partial charge in [0.25, 0.3) is 5.91 Å². The monoisotopic (exact) mass is 271 g/mol. The molecule has 0 aliphatic carbocycles. The number of hydrogen-bond donors (Lipinski definition) is 2. The molecule has 0 aliphatic rings. The smallest absolute Gasteiger partial charge is 0.271 e. The van der Waals surface area contributed by atoms with E-state index in [2.05, 4.69) is 15.8 Å². The van der Waals surface area contributed by atoms with Crippen LogP contribution in [0.5, 0.6) is 0 Å². The van der Waals surface area contributed by atoms with Crippen LogP contribution in [0.4, 0.5) is 5.69 Å². The summed E-state index contributed by atoms with van der Waals surface area (Å²) in [6.07, 6.45) is 2.92. The summed E-state index contributed by atoms with van der Waals surface area (Å²) in [6, 6.07) is 9.94. The van der Waals surface area contributed by atoms with Gasteiger partial charge in [0.15, 0.2) is 0 Å². The fourth-order valence-electron chi connectivity index (χ4n) is 1.49. The van der Waals surface area contributed by atoms with E-state index in [4.69, 9.17) is 4.42 Å². The number of nitrogens with one attached hydrogen (secondary N) is 2. The van der Waals surface area contributed by atoms with Crippen molar-refractivity contribution in [1.29, 1.82) is 0 Å². The molecule has 0 saturated heterocycles. The number of amides is 2. The quantitative estimate of drug-likeness (QED) is 0.659. The Morgan fingerprint density at radius 2 is 1.95 bits per heavy atom. The number of nitrogens with zero attached hydrogens (tertiary/aromatic N) is 1. The first-order valence-electron chi connectivity index (χ1n) is 5.90. The van der Waals surface area contributed by atoms with Gasteiger partial charge in [0.05, 0.1) is 12.5 Å². The molecule has 20 heavy (non-hydrogen) atoms. The molecule has 0 unspecified atom stereocenters. The van der Waals surface area contributed by atoms with Crippen LogP contribution < -0.4 is 10.7 Å². The van der Waals surface area contributed by atoms with Crippen LogP contribution in [0.25, 0.3) is 0 Å². The van der Waals surface area contributed by atoms with Gasteiger partial charge in [-0.05, 0) is 36.4 Å². The van der Waals surface area contributed by atoms with E-state index in [0.717, 1.165) is 0 Å². The second-order valence-electron chi connectivity index (χ2n) is 3.97. The lowest BCUT2D eigenvalue weighted by Crippen LogP contribution is -2.17. The van der Waals surface area contributed by atoms with Crippen LogP contribution in [0.15, 0.2) is 52.2 Å². The summed E-state index contributed by atoms with van der Waals surface area (Å²) in [5, 5.41) is 6.39. The van der Waals surface area contributed by atoms with Gasteiger partial charge >= 0.3 is 0 Å². The molecule has 1 aromatic carbocycles. The van der Waals surface area contributed by atoms with Gasteiger partial charge in [-0.3, -0.25) is 9.59 Å². The van der Waals surface area contributed by atoms with E-state index in [-0.39, 0.29) is 11.8 Å². The van der Waals surface area contributed by atoms with Crippen molar-refractivity contribution in [2.75, 3.05) is 5.32 Å². The molecule has 6 nitrogen and oxygen atoms in total. The van der Waals surface area contributed by atoms with Crippen molar-refractivity contribution in [3.8, 4) is 0 Å². The Morgan fingerprint density at radius 1 is 1.20 bits per heavy atom. The van der Waals surface area contributed by atoms with Crippen LogP contribution in [0.1, 0.15) is 23.0 Å². The van der Waals surface area contributed by atoms with Crippen molar-refractivity contribution in [3.63, 3.8) is 0 Å². The summed E-state index contributed by atoms with van der Waals surface area (Å²) in [5.41, 5.74) is 3.45. The Hall–Kier alpha value is -2.89. The van der Waals surface area contributed by atoms with Gasteiger partial charge < -0.3 is 9.73 Å². The highest BCUT2D eigenvalue weighted by Gasteiger charge is 2.04. The zero-order chi connectivity index (χ0) is 14.4. The Bertz CT molecular complexity index is 616. The zero-order valence-corrected chi connectivity index (χ0v) is 10.8. The second-order valence-corrected chi connectivity index (χ2v) is 3.97. The van der Waals surface area contributed by atoms with E-state index in [1.165, 1.54) is 19.4 Å². The molecule has 2 aromatic rings. The third kappa shape index (κ3) is 3.81. The molecule has 102 valence electrons. The topological polar surface area (TPSA) is 83.7 Å². The van der Waals surface area contributed by atoms with Crippen LogP contribution in [0.3, 0.4) is 0 Å². The van der Waals surface area contributed by atoms with E-state index in [0.29, 0.717) is 17.0 Å². The zero-order valence-electron chi connectivity index (χ0n) is 10.8. The number of benzene rings is 1. The summed E-state index contributed by atoms with van der Waals surface area (Å²) < 4.78 is 5.03. The fraction of sp³-hybridized carbons (Fsp3) is 0.0714. The average Bonchev–Trinajstić information content (AvgIpc) is 2.92. The number of anilines is 1. The van der Waals surface area contributed by atoms with Gasteiger partial charge in [-0.25, -0.2) is 5.43 Å². The van der Waals surface area contributed by atoms with E-state index < -0.39 is 0 Å². The molecular weight excluding hydrogens is 258 g/mol. The molecular formula is C14H13N3O3. The van der Waals surface area contributed by atoms with E-state index >= 15 is 0 Å². The Kier molecular flexibility index (Phi) is 4.28. The molecule has 0 bridgehead atoms. The summed E-state index contributed by atoms with van der Waals surface area (Å²) in [5.74, 6) is 0.0405. The van der Waals surface area contributed by atoms with Gasteiger partial charge in [0.1, 0.15) is 5.76 Å². The fourth-order valence-corrected chi connectivity index (χ4v) is 1.49. The highest BCUT2D eigenvalue weighted by molar-refractivity contribution is 5.95. The van der Waals surface area contributed by atoms with Gasteiger partial charge in [-0.1, -0.05) is 0 Å². The number of carbonyl (C=O) groups excluding carboxylic acids is 2. The predicted octanol–water partition coefficient (Wildman–Crippen LogP) is 2.00. The van der Waals surface area contributed by atoms with Gasteiger partial charge in [-0.2, -0.15) is 5.10 Å². The molecule has 0 fully saturated rings.